The van der Waals surface area contributed by atoms with Gasteiger partial charge in [0.1, 0.15) is 0 Å². The minimum absolute atomic E-state index is 0.0533. The first-order valence-corrected chi connectivity index (χ1v) is 6.09. The molecule has 0 spiro atoms. The van der Waals surface area contributed by atoms with Crippen molar-refractivity contribution in [1.29, 1.82) is 0 Å². The van der Waals surface area contributed by atoms with Crippen LogP contribution in [0.1, 0.15) is 26.2 Å². The highest BCUT2D eigenvalue weighted by Gasteiger charge is 2.19. The molecule has 0 unspecified atom stereocenters. The van der Waals surface area contributed by atoms with E-state index in [2.05, 4.69) is 0 Å². The van der Waals surface area contributed by atoms with Gasteiger partial charge in [-0.2, -0.15) is 0 Å². The van der Waals surface area contributed by atoms with E-state index in [1.165, 1.54) is 0 Å². The molecule has 9 heteroatoms. The summed E-state index contributed by atoms with van der Waals surface area (Å²) < 4.78 is 1.82. The van der Waals surface area contributed by atoms with E-state index >= 15 is 0 Å². The maximum Gasteiger partial charge on any atom is 0.350 e. The van der Waals surface area contributed by atoms with Gasteiger partial charge in [-0.1, -0.05) is 6.92 Å². The molecule has 0 aromatic carbocycles. The fraction of sp³-hybridized carbons (Fsp3) is 0.545. The quantitative estimate of drug-likeness (QED) is 0.563. The molecule has 1 aromatic heterocycles. The van der Waals surface area contributed by atoms with Gasteiger partial charge in [-0.05, 0) is 12.8 Å². The number of carbonyl (C=O) groups is 1. The molecule has 110 valence electrons. The smallest absolute Gasteiger partial charge is 0.350 e. The highest BCUT2D eigenvalue weighted by molar-refractivity contribution is 5.66. The van der Waals surface area contributed by atoms with Crippen LogP contribution in [0, 0.1) is 10.1 Å². The van der Waals surface area contributed by atoms with E-state index < -0.39 is 27.8 Å². The average Bonchev–Trinajstić information content (AvgIpc) is 2.36. The molecule has 0 aliphatic heterocycles. The molecule has 1 rings (SSSR count). The summed E-state index contributed by atoms with van der Waals surface area (Å²) in [4.78, 5) is 44.2. The zero-order chi connectivity index (χ0) is 15.3. The van der Waals surface area contributed by atoms with Crippen LogP contribution in [0.25, 0.3) is 0 Å². The summed E-state index contributed by atoms with van der Waals surface area (Å²) in [7, 11) is 0. The zero-order valence-electron chi connectivity index (χ0n) is 10.9. The van der Waals surface area contributed by atoms with Gasteiger partial charge < -0.3 is 5.11 Å². The number of aliphatic carboxylic acids is 1. The Morgan fingerprint density at radius 2 is 2.05 bits per heavy atom. The number of hydrogen-bond donors (Lipinski definition) is 1. The van der Waals surface area contributed by atoms with Crippen LogP contribution < -0.4 is 11.2 Å². The van der Waals surface area contributed by atoms with E-state index in [1.807, 2.05) is 0 Å². The average molecular weight is 285 g/mol. The molecule has 0 aliphatic rings. The lowest BCUT2D eigenvalue weighted by atomic mass is 10.3. The molecule has 0 amide bonds. The topological polar surface area (TPSA) is 124 Å². The second-order valence-corrected chi connectivity index (χ2v) is 4.20. The van der Waals surface area contributed by atoms with E-state index in [4.69, 9.17) is 5.11 Å². The third-order valence-electron chi connectivity index (χ3n) is 2.65. The van der Waals surface area contributed by atoms with Crippen LogP contribution in [0.5, 0.6) is 0 Å². The summed E-state index contributed by atoms with van der Waals surface area (Å²) >= 11 is 0. The molecular formula is C11H15N3O6. The van der Waals surface area contributed by atoms with Gasteiger partial charge in [0, 0.05) is 19.5 Å². The molecule has 0 radical (unpaired) electrons. The highest BCUT2D eigenvalue weighted by Crippen LogP contribution is 2.02. The summed E-state index contributed by atoms with van der Waals surface area (Å²) in [5.74, 6) is -1.06. The second-order valence-electron chi connectivity index (χ2n) is 4.20. The van der Waals surface area contributed by atoms with Gasteiger partial charge in [0.15, 0.2) is 0 Å². The number of nitro groups is 1. The zero-order valence-corrected chi connectivity index (χ0v) is 10.9. The number of nitrogens with zero attached hydrogens (tertiary/aromatic N) is 3. The van der Waals surface area contributed by atoms with Crippen LogP contribution in [0.3, 0.4) is 0 Å². The van der Waals surface area contributed by atoms with Gasteiger partial charge in [-0.15, -0.1) is 0 Å². The SMILES string of the molecule is CCCn1cc([N+](=O)[O-])c(=O)n(CCCC(=O)O)c1=O. The van der Waals surface area contributed by atoms with Crippen molar-refractivity contribution in [2.75, 3.05) is 0 Å². The Labute approximate surface area is 113 Å². The minimum atomic E-state index is -1.06. The number of carboxylic acid groups (broad SMARTS) is 1. The van der Waals surface area contributed by atoms with Crippen LogP contribution in [-0.4, -0.2) is 25.1 Å². The van der Waals surface area contributed by atoms with E-state index in [0.717, 1.165) is 15.3 Å². The third-order valence-corrected chi connectivity index (χ3v) is 2.65. The minimum Gasteiger partial charge on any atom is -0.481 e. The first-order valence-electron chi connectivity index (χ1n) is 6.09. The first-order chi connectivity index (χ1) is 9.38. The number of aromatic nitrogens is 2. The van der Waals surface area contributed by atoms with Crippen LogP contribution in [0.15, 0.2) is 15.8 Å². The van der Waals surface area contributed by atoms with E-state index in [0.29, 0.717) is 6.42 Å². The van der Waals surface area contributed by atoms with Crippen molar-refractivity contribution in [2.45, 2.75) is 39.3 Å². The number of carboxylic acids is 1. The van der Waals surface area contributed by atoms with Crippen molar-refractivity contribution >= 4 is 11.7 Å². The van der Waals surface area contributed by atoms with Crippen LogP contribution in [-0.2, 0) is 17.9 Å². The molecule has 1 N–H and O–H groups in total. The maximum absolute atomic E-state index is 12.0. The summed E-state index contributed by atoms with van der Waals surface area (Å²) in [6.07, 6.45) is 1.34. The summed E-state index contributed by atoms with van der Waals surface area (Å²) in [6, 6.07) is 0. The van der Waals surface area contributed by atoms with Crippen molar-refractivity contribution in [3.05, 3.63) is 37.1 Å². The third kappa shape index (κ3) is 3.53. The van der Waals surface area contributed by atoms with Crippen LogP contribution in [0.4, 0.5) is 5.69 Å². The first kappa shape index (κ1) is 15.6. The molecule has 9 nitrogen and oxygen atoms in total. The van der Waals surface area contributed by atoms with E-state index in [9.17, 15) is 24.5 Å². The van der Waals surface area contributed by atoms with Crippen molar-refractivity contribution in [2.24, 2.45) is 0 Å². The number of aryl methyl sites for hydroxylation is 1. The Morgan fingerprint density at radius 1 is 1.40 bits per heavy atom. The van der Waals surface area contributed by atoms with Gasteiger partial charge in [0.05, 0.1) is 11.1 Å². The Morgan fingerprint density at radius 3 is 2.55 bits per heavy atom. The molecular weight excluding hydrogens is 270 g/mol. The molecule has 0 bridgehead atoms. The Bertz CT molecular complexity index is 630. The molecule has 0 fully saturated rings. The Balaban J connectivity index is 3.25. The lowest BCUT2D eigenvalue weighted by Crippen LogP contribution is -2.40. The van der Waals surface area contributed by atoms with Crippen LogP contribution in [0.2, 0.25) is 0 Å². The van der Waals surface area contributed by atoms with Gasteiger partial charge in [-0.25, -0.2) is 4.79 Å². The maximum atomic E-state index is 12.0. The lowest BCUT2D eigenvalue weighted by Gasteiger charge is -2.08. The highest BCUT2D eigenvalue weighted by atomic mass is 16.6. The van der Waals surface area contributed by atoms with Crippen molar-refractivity contribution in [1.82, 2.24) is 9.13 Å². The predicted octanol–water partition coefficient (Wildman–Crippen LogP) is 0.193. The Hall–Kier alpha value is -2.45. The standard InChI is InChI=1S/C11H15N3O6/c1-2-5-12-7-8(14(19)20)10(17)13(11(12)18)6-3-4-9(15)16/h7H,2-6H2,1H3,(H,15,16). The van der Waals surface area contributed by atoms with Gasteiger partial charge in [-0.3, -0.25) is 28.8 Å². The van der Waals surface area contributed by atoms with E-state index in [1.54, 1.807) is 6.92 Å². The molecule has 0 saturated carbocycles. The molecule has 0 saturated heterocycles. The summed E-state index contributed by atoms with van der Waals surface area (Å²) in [6.45, 7) is 1.88. The van der Waals surface area contributed by atoms with Gasteiger partial charge in [0.25, 0.3) is 0 Å². The lowest BCUT2D eigenvalue weighted by molar-refractivity contribution is -0.387. The van der Waals surface area contributed by atoms with Crippen molar-refractivity contribution < 1.29 is 14.8 Å². The number of rotatable bonds is 7. The fourth-order valence-corrected chi connectivity index (χ4v) is 1.75. The number of hydrogen-bond acceptors (Lipinski definition) is 5. The molecule has 0 atom stereocenters. The van der Waals surface area contributed by atoms with Gasteiger partial charge in [0.2, 0.25) is 0 Å². The normalized spacial score (nSPS) is 10.4. The summed E-state index contributed by atoms with van der Waals surface area (Å²) in [5, 5.41) is 19.3. The van der Waals surface area contributed by atoms with Gasteiger partial charge >= 0.3 is 22.9 Å². The van der Waals surface area contributed by atoms with E-state index in [-0.39, 0.29) is 25.9 Å². The fourth-order valence-electron chi connectivity index (χ4n) is 1.75. The predicted molar refractivity (Wildman–Crippen MR) is 68.8 cm³/mol. The molecule has 0 aliphatic carbocycles. The largest absolute Gasteiger partial charge is 0.481 e. The van der Waals surface area contributed by atoms with Crippen LogP contribution >= 0.6 is 0 Å². The molecule has 20 heavy (non-hydrogen) atoms. The second kappa shape index (κ2) is 6.64. The molecule has 1 aromatic rings. The Kier molecular flexibility index (Phi) is 5.18. The monoisotopic (exact) mass is 285 g/mol. The van der Waals surface area contributed by atoms with Crippen molar-refractivity contribution in [3.63, 3.8) is 0 Å². The summed E-state index contributed by atoms with van der Waals surface area (Å²) in [5.41, 5.74) is -2.35. The van der Waals surface area contributed by atoms with Crippen molar-refractivity contribution in [3.8, 4) is 0 Å². The molecule has 1 heterocycles.